The van der Waals surface area contributed by atoms with E-state index in [1.54, 1.807) is 0 Å². The Morgan fingerprint density at radius 2 is 2.19 bits per heavy atom. The van der Waals surface area contributed by atoms with E-state index in [9.17, 15) is 5.11 Å². The third kappa shape index (κ3) is 4.16. The van der Waals surface area contributed by atoms with Gasteiger partial charge in [0.25, 0.3) is 0 Å². The number of rotatable bonds is 6. The monoisotopic (exact) mass is 246 g/mol. The summed E-state index contributed by atoms with van der Waals surface area (Å²) < 4.78 is 4.84. The molecule has 0 saturated carbocycles. The number of nitrogens with one attached hydrogen (secondary N) is 1. The van der Waals surface area contributed by atoms with Crippen molar-refractivity contribution in [2.24, 2.45) is 0 Å². The zero-order valence-corrected chi connectivity index (χ0v) is 10.0. The van der Waals surface area contributed by atoms with Crippen LogP contribution in [0, 0.1) is 0 Å². The van der Waals surface area contributed by atoms with Gasteiger partial charge >= 0.3 is 6.01 Å². The third-order valence-corrected chi connectivity index (χ3v) is 2.06. The van der Waals surface area contributed by atoms with Gasteiger partial charge in [0.05, 0.1) is 13.2 Å². The second-order valence-corrected chi connectivity index (χ2v) is 3.58. The van der Waals surface area contributed by atoms with Crippen LogP contribution in [0.3, 0.4) is 0 Å². The Labute approximate surface area is 99.0 Å². The minimum Gasteiger partial charge on any atom is -0.467 e. The van der Waals surface area contributed by atoms with Crippen molar-refractivity contribution < 1.29 is 9.84 Å². The van der Waals surface area contributed by atoms with Crippen LogP contribution in [0.1, 0.15) is 19.8 Å². The molecule has 1 heterocycles. The van der Waals surface area contributed by atoms with Crippen molar-refractivity contribution in [3.8, 4) is 6.01 Å². The van der Waals surface area contributed by atoms with Crippen molar-refractivity contribution in [1.29, 1.82) is 0 Å². The molecule has 0 amide bonds. The number of nitrogens with zero attached hydrogens (tertiary/aromatic N) is 3. The molecule has 0 aliphatic heterocycles. The smallest absolute Gasteiger partial charge is 0.322 e. The molecule has 1 rings (SSSR count). The zero-order valence-electron chi connectivity index (χ0n) is 9.27. The maximum Gasteiger partial charge on any atom is 0.322 e. The predicted molar refractivity (Wildman–Crippen MR) is 60.8 cm³/mol. The predicted octanol–water partition coefficient (Wildman–Crippen LogP) is 1.11. The van der Waals surface area contributed by atoms with Crippen molar-refractivity contribution in [1.82, 2.24) is 15.0 Å². The van der Waals surface area contributed by atoms with Gasteiger partial charge in [0.15, 0.2) is 0 Å². The molecular weight excluding hydrogens is 232 g/mol. The molecule has 1 aromatic rings. The highest BCUT2D eigenvalue weighted by atomic mass is 35.5. The zero-order chi connectivity index (χ0) is 12.0. The van der Waals surface area contributed by atoms with E-state index in [-0.39, 0.29) is 11.3 Å². The highest BCUT2D eigenvalue weighted by Gasteiger charge is 2.07. The van der Waals surface area contributed by atoms with Gasteiger partial charge in [-0.3, -0.25) is 0 Å². The molecule has 0 fully saturated rings. The average Bonchev–Trinajstić information content (AvgIpc) is 2.26. The molecule has 16 heavy (non-hydrogen) atoms. The number of aromatic nitrogens is 3. The maximum absolute atomic E-state index is 9.51. The lowest BCUT2D eigenvalue weighted by Crippen LogP contribution is -2.20. The minimum absolute atomic E-state index is 0.0549. The normalized spacial score (nSPS) is 12.2. The molecule has 1 atom stereocenters. The lowest BCUT2D eigenvalue weighted by atomic mass is 10.2. The summed E-state index contributed by atoms with van der Waals surface area (Å²) in [5.41, 5.74) is 0. The summed E-state index contributed by atoms with van der Waals surface area (Å²) >= 11 is 5.66. The molecule has 0 aliphatic carbocycles. The largest absolute Gasteiger partial charge is 0.467 e. The standard InChI is InChI=1S/C9H15ClN4O2/c1-3-4-6(15)5-11-8-12-7(10)13-9(14-8)16-2/h6,15H,3-5H2,1-2H3,(H,11,12,13,14). The van der Waals surface area contributed by atoms with Crippen LogP contribution < -0.4 is 10.1 Å². The molecule has 0 radical (unpaired) electrons. The minimum atomic E-state index is -0.425. The molecule has 0 spiro atoms. The first kappa shape index (κ1) is 12.9. The molecule has 90 valence electrons. The average molecular weight is 247 g/mol. The number of aliphatic hydroxyl groups excluding tert-OH is 1. The second kappa shape index (κ2) is 6.44. The fraction of sp³-hybridized carbons (Fsp3) is 0.667. The van der Waals surface area contributed by atoms with Gasteiger partial charge in [0.2, 0.25) is 11.2 Å². The third-order valence-electron chi connectivity index (χ3n) is 1.89. The summed E-state index contributed by atoms with van der Waals surface area (Å²) in [5, 5.41) is 12.4. The Balaban J connectivity index is 2.56. The summed E-state index contributed by atoms with van der Waals surface area (Å²) in [5.74, 6) is 0.298. The summed E-state index contributed by atoms with van der Waals surface area (Å²) in [6.07, 6.45) is 1.22. The van der Waals surface area contributed by atoms with Crippen LogP contribution in [-0.4, -0.2) is 39.8 Å². The van der Waals surface area contributed by atoms with Gasteiger partial charge in [-0.05, 0) is 18.0 Å². The van der Waals surface area contributed by atoms with E-state index in [1.807, 2.05) is 6.92 Å². The molecule has 0 saturated heterocycles. The van der Waals surface area contributed by atoms with E-state index in [0.29, 0.717) is 12.5 Å². The van der Waals surface area contributed by atoms with Crippen molar-refractivity contribution in [3.63, 3.8) is 0 Å². The topological polar surface area (TPSA) is 80.2 Å². The van der Waals surface area contributed by atoms with Crippen LogP contribution in [0.4, 0.5) is 5.95 Å². The Hall–Kier alpha value is -1.14. The van der Waals surface area contributed by atoms with Crippen LogP contribution in [0.2, 0.25) is 5.28 Å². The number of hydrogen-bond acceptors (Lipinski definition) is 6. The molecular formula is C9H15ClN4O2. The number of ether oxygens (including phenoxy) is 1. The van der Waals surface area contributed by atoms with Gasteiger partial charge in [-0.25, -0.2) is 0 Å². The Morgan fingerprint density at radius 3 is 2.81 bits per heavy atom. The lowest BCUT2D eigenvalue weighted by Gasteiger charge is -2.10. The first-order chi connectivity index (χ1) is 7.65. The molecule has 0 aliphatic rings. The van der Waals surface area contributed by atoms with Gasteiger partial charge in [0, 0.05) is 6.54 Å². The van der Waals surface area contributed by atoms with E-state index < -0.39 is 6.10 Å². The van der Waals surface area contributed by atoms with Gasteiger partial charge < -0.3 is 15.2 Å². The molecule has 2 N–H and O–H groups in total. The number of halogens is 1. The first-order valence-corrected chi connectivity index (χ1v) is 5.41. The summed E-state index contributed by atoms with van der Waals surface area (Å²) in [4.78, 5) is 11.5. The highest BCUT2D eigenvalue weighted by Crippen LogP contribution is 2.10. The van der Waals surface area contributed by atoms with Crippen LogP contribution in [0.5, 0.6) is 6.01 Å². The van der Waals surface area contributed by atoms with Gasteiger partial charge in [-0.15, -0.1) is 0 Å². The van der Waals surface area contributed by atoms with E-state index in [0.717, 1.165) is 12.8 Å². The fourth-order valence-electron chi connectivity index (χ4n) is 1.15. The van der Waals surface area contributed by atoms with Gasteiger partial charge in [0.1, 0.15) is 0 Å². The molecule has 6 nitrogen and oxygen atoms in total. The van der Waals surface area contributed by atoms with Crippen LogP contribution in [0.15, 0.2) is 0 Å². The Kier molecular flexibility index (Phi) is 5.21. The molecule has 0 aromatic carbocycles. The Bertz CT molecular complexity index is 337. The van der Waals surface area contributed by atoms with E-state index in [1.165, 1.54) is 7.11 Å². The molecule has 0 bridgehead atoms. The van der Waals surface area contributed by atoms with E-state index in [4.69, 9.17) is 16.3 Å². The molecule has 7 heteroatoms. The number of anilines is 1. The highest BCUT2D eigenvalue weighted by molar-refractivity contribution is 6.28. The quantitative estimate of drug-likeness (QED) is 0.783. The summed E-state index contributed by atoms with van der Waals surface area (Å²) in [6, 6.07) is 0.146. The second-order valence-electron chi connectivity index (χ2n) is 3.24. The van der Waals surface area contributed by atoms with Crippen LogP contribution in [-0.2, 0) is 0 Å². The fourth-order valence-corrected chi connectivity index (χ4v) is 1.30. The summed E-state index contributed by atoms with van der Waals surface area (Å²) in [6.45, 7) is 2.38. The van der Waals surface area contributed by atoms with Crippen molar-refractivity contribution >= 4 is 17.5 Å². The SMILES string of the molecule is CCCC(O)CNc1nc(Cl)nc(OC)n1. The number of hydrogen-bond donors (Lipinski definition) is 2. The Morgan fingerprint density at radius 1 is 1.44 bits per heavy atom. The van der Waals surface area contributed by atoms with Crippen molar-refractivity contribution in [3.05, 3.63) is 5.28 Å². The van der Waals surface area contributed by atoms with Crippen LogP contribution in [0.25, 0.3) is 0 Å². The van der Waals surface area contributed by atoms with Gasteiger partial charge in [-0.1, -0.05) is 13.3 Å². The summed E-state index contributed by atoms with van der Waals surface area (Å²) in [7, 11) is 1.45. The van der Waals surface area contributed by atoms with Gasteiger partial charge in [-0.2, -0.15) is 15.0 Å². The van der Waals surface area contributed by atoms with Crippen molar-refractivity contribution in [2.75, 3.05) is 19.0 Å². The van der Waals surface area contributed by atoms with E-state index >= 15 is 0 Å². The van der Waals surface area contributed by atoms with Crippen LogP contribution >= 0.6 is 11.6 Å². The number of methoxy groups -OCH3 is 1. The lowest BCUT2D eigenvalue weighted by molar-refractivity contribution is 0.176. The van der Waals surface area contributed by atoms with Crippen molar-refractivity contribution in [2.45, 2.75) is 25.9 Å². The van der Waals surface area contributed by atoms with E-state index in [2.05, 4.69) is 20.3 Å². The first-order valence-electron chi connectivity index (χ1n) is 5.03. The molecule has 1 unspecified atom stereocenters. The number of aliphatic hydroxyl groups is 1. The maximum atomic E-state index is 9.51. The molecule has 1 aromatic heterocycles.